The van der Waals surface area contributed by atoms with Crippen molar-refractivity contribution in [3.63, 3.8) is 0 Å². The Morgan fingerprint density at radius 3 is 2.85 bits per heavy atom. The average Bonchev–Trinajstić information content (AvgIpc) is 2.73. The smallest absolute Gasteiger partial charge is 0.272 e. The van der Waals surface area contributed by atoms with Gasteiger partial charge in [0.05, 0.1) is 11.8 Å². The minimum absolute atomic E-state index is 0.0378. The third-order valence-electron chi connectivity index (χ3n) is 3.72. The summed E-state index contributed by atoms with van der Waals surface area (Å²) >= 11 is 5.95. The second-order valence-corrected chi connectivity index (χ2v) is 5.58. The zero-order valence-electron chi connectivity index (χ0n) is 11.2. The molecular weight excluding hydrogens is 278 g/mol. The number of amides is 1. The first-order valence-electron chi connectivity index (χ1n) is 6.68. The maximum absolute atomic E-state index is 12.6. The number of nitrogens with zero attached hydrogens (tertiary/aromatic N) is 3. The summed E-state index contributed by atoms with van der Waals surface area (Å²) in [6.07, 6.45) is 2.74. The van der Waals surface area contributed by atoms with Gasteiger partial charge in [-0.25, -0.2) is 4.98 Å². The van der Waals surface area contributed by atoms with E-state index in [2.05, 4.69) is 4.98 Å². The van der Waals surface area contributed by atoms with Crippen LogP contribution >= 0.6 is 11.6 Å². The first-order valence-corrected chi connectivity index (χ1v) is 7.05. The SMILES string of the molecule is Cc1nc2cc(Cl)ccn2c1C(=O)N1CCC(O)CC1. The highest BCUT2D eigenvalue weighted by Crippen LogP contribution is 2.20. The number of hydrogen-bond acceptors (Lipinski definition) is 3. The molecule has 3 rings (SSSR count). The molecule has 2 aromatic heterocycles. The molecule has 3 heterocycles. The lowest BCUT2D eigenvalue weighted by atomic mass is 10.1. The van der Waals surface area contributed by atoms with Gasteiger partial charge in [-0.3, -0.25) is 9.20 Å². The molecule has 0 aliphatic carbocycles. The zero-order valence-corrected chi connectivity index (χ0v) is 12.0. The molecule has 0 aromatic carbocycles. The number of aliphatic hydroxyl groups excluding tert-OH is 1. The fraction of sp³-hybridized carbons (Fsp3) is 0.429. The maximum atomic E-state index is 12.6. The largest absolute Gasteiger partial charge is 0.393 e. The van der Waals surface area contributed by atoms with E-state index < -0.39 is 0 Å². The number of rotatable bonds is 1. The molecule has 0 unspecified atom stereocenters. The summed E-state index contributed by atoms with van der Waals surface area (Å²) in [6, 6.07) is 3.48. The number of likely N-dealkylation sites (tertiary alicyclic amines) is 1. The average molecular weight is 294 g/mol. The molecule has 1 N–H and O–H groups in total. The van der Waals surface area contributed by atoms with Crippen LogP contribution in [0.5, 0.6) is 0 Å². The summed E-state index contributed by atoms with van der Waals surface area (Å²) in [4.78, 5) is 18.8. The number of carbonyl (C=O) groups is 1. The van der Waals surface area contributed by atoms with Crippen LogP contribution in [0.15, 0.2) is 18.3 Å². The Labute approximate surface area is 121 Å². The molecule has 0 spiro atoms. The number of fused-ring (bicyclic) bond motifs is 1. The van der Waals surface area contributed by atoms with E-state index in [1.54, 1.807) is 27.6 Å². The third-order valence-corrected chi connectivity index (χ3v) is 3.95. The quantitative estimate of drug-likeness (QED) is 0.873. The summed E-state index contributed by atoms with van der Waals surface area (Å²) in [7, 11) is 0. The molecule has 5 nitrogen and oxygen atoms in total. The van der Waals surface area contributed by atoms with Crippen LogP contribution in [-0.4, -0.2) is 44.5 Å². The topological polar surface area (TPSA) is 57.8 Å². The first kappa shape index (κ1) is 13.4. The molecule has 1 amide bonds. The minimum atomic E-state index is -0.291. The Hall–Kier alpha value is -1.59. The van der Waals surface area contributed by atoms with Gasteiger partial charge in [0, 0.05) is 30.4 Å². The van der Waals surface area contributed by atoms with E-state index in [9.17, 15) is 9.90 Å². The number of pyridine rings is 1. The van der Waals surface area contributed by atoms with Crippen LogP contribution in [0.2, 0.25) is 5.02 Å². The van der Waals surface area contributed by atoms with Gasteiger partial charge in [-0.15, -0.1) is 0 Å². The van der Waals surface area contributed by atoms with E-state index in [1.165, 1.54) is 0 Å². The summed E-state index contributed by atoms with van der Waals surface area (Å²) in [5.74, 6) is -0.0378. The molecule has 1 fully saturated rings. The first-order chi connectivity index (χ1) is 9.56. The van der Waals surface area contributed by atoms with Crippen molar-refractivity contribution >= 4 is 23.2 Å². The van der Waals surface area contributed by atoms with Crippen molar-refractivity contribution in [1.82, 2.24) is 14.3 Å². The standard InChI is InChI=1S/C14H16ClN3O2/c1-9-13(14(20)17-5-3-11(19)4-6-17)18-7-2-10(15)8-12(18)16-9/h2,7-8,11,19H,3-6H2,1H3. The van der Waals surface area contributed by atoms with E-state index >= 15 is 0 Å². The van der Waals surface area contributed by atoms with Crippen LogP contribution < -0.4 is 0 Å². The number of halogens is 1. The van der Waals surface area contributed by atoms with Crippen LogP contribution in [0.4, 0.5) is 0 Å². The van der Waals surface area contributed by atoms with E-state index in [-0.39, 0.29) is 12.0 Å². The Bertz CT molecular complexity index is 660. The number of carbonyl (C=O) groups excluding carboxylic acids is 1. The van der Waals surface area contributed by atoms with Gasteiger partial charge in [0.25, 0.3) is 5.91 Å². The highest BCUT2D eigenvalue weighted by molar-refractivity contribution is 6.30. The van der Waals surface area contributed by atoms with E-state index in [1.807, 2.05) is 6.92 Å². The molecule has 0 saturated carbocycles. The number of aliphatic hydroxyl groups is 1. The Morgan fingerprint density at radius 2 is 2.15 bits per heavy atom. The molecule has 1 saturated heterocycles. The van der Waals surface area contributed by atoms with Crippen LogP contribution in [0.1, 0.15) is 29.0 Å². The molecule has 0 radical (unpaired) electrons. The minimum Gasteiger partial charge on any atom is -0.393 e. The van der Waals surface area contributed by atoms with Crippen molar-refractivity contribution in [3.05, 3.63) is 34.7 Å². The predicted octanol–water partition coefficient (Wildman–Crippen LogP) is 1.89. The lowest BCUT2D eigenvalue weighted by molar-refractivity contribution is 0.0540. The lowest BCUT2D eigenvalue weighted by Crippen LogP contribution is -2.40. The second-order valence-electron chi connectivity index (χ2n) is 5.14. The van der Waals surface area contributed by atoms with Gasteiger partial charge in [0.1, 0.15) is 11.3 Å². The fourth-order valence-electron chi connectivity index (χ4n) is 2.61. The highest BCUT2D eigenvalue weighted by Gasteiger charge is 2.26. The van der Waals surface area contributed by atoms with Gasteiger partial charge in [0.2, 0.25) is 0 Å². The fourth-order valence-corrected chi connectivity index (χ4v) is 2.77. The van der Waals surface area contributed by atoms with Crippen molar-refractivity contribution in [1.29, 1.82) is 0 Å². The molecule has 106 valence electrons. The van der Waals surface area contributed by atoms with Crippen molar-refractivity contribution < 1.29 is 9.90 Å². The van der Waals surface area contributed by atoms with Gasteiger partial charge in [-0.2, -0.15) is 0 Å². The van der Waals surface area contributed by atoms with Crippen LogP contribution in [-0.2, 0) is 0 Å². The van der Waals surface area contributed by atoms with Gasteiger partial charge >= 0.3 is 0 Å². The van der Waals surface area contributed by atoms with Crippen molar-refractivity contribution in [3.8, 4) is 0 Å². The van der Waals surface area contributed by atoms with Crippen molar-refractivity contribution in [2.75, 3.05) is 13.1 Å². The summed E-state index contributed by atoms with van der Waals surface area (Å²) in [5.41, 5.74) is 1.95. The zero-order chi connectivity index (χ0) is 14.3. The van der Waals surface area contributed by atoms with Crippen molar-refractivity contribution in [2.24, 2.45) is 0 Å². The van der Waals surface area contributed by atoms with E-state index in [4.69, 9.17) is 11.6 Å². The normalized spacial score (nSPS) is 16.9. The highest BCUT2D eigenvalue weighted by atomic mass is 35.5. The lowest BCUT2D eigenvalue weighted by Gasteiger charge is -2.29. The summed E-state index contributed by atoms with van der Waals surface area (Å²) in [6.45, 7) is 2.99. The third kappa shape index (κ3) is 2.27. The number of aryl methyl sites for hydroxylation is 1. The molecule has 20 heavy (non-hydrogen) atoms. The van der Waals surface area contributed by atoms with Crippen molar-refractivity contribution in [2.45, 2.75) is 25.9 Å². The van der Waals surface area contributed by atoms with Crippen LogP contribution in [0.25, 0.3) is 5.65 Å². The predicted molar refractivity (Wildman–Crippen MR) is 76.1 cm³/mol. The second kappa shape index (κ2) is 5.07. The van der Waals surface area contributed by atoms with Gasteiger partial charge in [-0.1, -0.05) is 11.6 Å². The molecule has 6 heteroatoms. The van der Waals surface area contributed by atoms with Crippen LogP contribution in [0, 0.1) is 6.92 Å². The Morgan fingerprint density at radius 1 is 1.45 bits per heavy atom. The van der Waals surface area contributed by atoms with E-state index in [0.29, 0.717) is 48.0 Å². The van der Waals surface area contributed by atoms with E-state index in [0.717, 1.165) is 0 Å². The molecule has 0 atom stereocenters. The Kier molecular flexibility index (Phi) is 3.40. The number of imidazole rings is 1. The number of hydrogen-bond donors (Lipinski definition) is 1. The molecule has 1 aliphatic heterocycles. The van der Waals surface area contributed by atoms with Gasteiger partial charge in [-0.05, 0) is 25.8 Å². The maximum Gasteiger partial charge on any atom is 0.272 e. The molecular formula is C14H16ClN3O2. The monoisotopic (exact) mass is 293 g/mol. The number of aromatic nitrogens is 2. The van der Waals surface area contributed by atoms with Crippen LogP contribution in [0.3, 0.4) is 0 Å². The Balaban J connectivity index is 1.97. The number of piperidine rings is 1. The molecule has 0 bridgehead atoms. The summed E-state index contributed by atoms with van der Waals surface area (Å²) < 4.78 is 1.77. The van der Waals surface area contributed by atoms with Gasteiger partial charge in [0.15, 0.2) is 0 Å². The summed E-state index contributed by atoms with van der Waals surface area (Å²) in [5, 5.41) is 10.1. The molecule has 1 aliphatic rings. The molecule has 2 aromatic rings. The van der Waals surface area contributed by atoms with Gasteiger partial charge < -0.3 is 10.0 Å².